The number of hydrogen-bond donors (Lipinski definition) is 2. The van der Waals surface area contributed by atoms with Crippen LogP contribution in [0.25, 0.3) is 0 Å². The molecule has 4 heteroatoms. The molecule has 4 aromatic rings. The summed E-state index contributed by atoms with van der Waals surface area (Å²) in [5.41, 5.74) is 4.81. The molecule has 0 saturated carbocycles. The number of carbonyl (C=O) groups excluding carboxylic acids is 1. The van der Waals surface area contributed by atoms with Crippen LogP contribution in [0.2, 0.25) is 0 Å². The van der Waals surface area contributed by atoms with Crippen molar-refractivity contribution >= 4 is 18.3 Å². The summed E-state index contributed by atoms with van der Waals surface area (Å²) < 4.78 is 0. The molecule has 0 aromatic heterocycles. The van der Waals surface area contributed by atoms with E-state index in [1.807, 2.05) is 55.5 Å². The first-order valence-electron chi connectivity index (χ1n) is 12.0. The summed E-state index contributed by atoms with van der Waals surface area (Å²) in [5.74, 6) is 0.254. The van der Waals surface area contributed by atoms with Crippen LogP contribution in [0.1, 0.15) is 47.6 Å². The molecule has 2 N–H and O–H groups in total. The zero-order chi connectivity index (χ0) is 23.6. The summed E-state index contributed by atoms with van der Waals surface area (Å²) in [6.45, 7) is 2.54. The van der Waals surface area contributed by atoms with Gasteiger partial charge in [0, 0.05) is 12.5 Å². The van der Waals surface area contributed by atoms with Gasteiger partial charge in [-0.1, -0.05) is 121 Å². The maximum Gasteiger partial charge on any atom is 0.236 e. The van der Waals surface area contributed by atoms with Crippen LogP contribution in [0.5, 0.6) is 0 Å². The molecule has 0 spiro atoms. The van der Waals surface area contributed by atoms with Crippen molar-refractivity contribution in [2.75, 3.05) is 6.54 Å². The summed E-state index contributed by atoms with van der Waals surface area (Å²) >= 11 is 0. The number of nitrogens with one attached hydrogen (secondary N) is 2. The lowest BCUT2D eigenvalue weighted by Gasteiger charge is -2.24. The number of rotatable bonds is 10. The van der Waals surface area contributed by atoms with Gasteiger partial charge in [0.15, 0.2) is 0 Å². The van der Waals surface area contributed by atoms with Crippen LogP contribution < -0.4 is 10.6 Å². The zero-order valence-corrected chi connectivity index (χ0v) is 20.8. The third-order valence-electron chi connectivity index (χ3n) is 6.21. The van der Waals surface area contributed by atoms with E-state index in [-0.39, 0.29) is 36.3 Å². The number of hydrogen-bond acceptors (Lipinski definition) is 2. The highest BCUT2D eigenvalue weighted by molar-refractivity contribution is 5.85. The lowest BCUT2D eigenvalue weighted by molar-refractivity contribution is -0.122. The third-order valence-corrected chi connectivity index (χ3v) is 6.21. The highest BCUT2D eigenvalue weighted by atomic mass is 35.5. The maximum atomic E-state index is 13.0. The van der Waals surface area contributed by atoms with Gasteiger partial charge in [-0.15, -0.1) is 12.4 Å². The summed E-state index contributed by atoms with van der Waals surface area (Å²) in [6, 6.07) is 41.2. The van der Waals surface area contributed by atoms with Gasteiger partial charge in [0.2, 0.25) is 5.91 Å². The van der Waals surface area contributed by atoms with Crippen LogP contribution in [0.15, 0.2) is 121 Å². The highest BCUT2D eigenvalue weighted by Crippen LogP contribution is 2.27. The van der Waals surface area contributed by atoms with Crippen molar-refractivity contribution in [3.8, 4) is 0 Å². The summed E-state index contributed by atoms with van der Waals surface area (Å²) in [7, 11) is 0. The Morgan fingerprint density at radius 1 is 0.629 bits per heavy atom. The van der Waals surface area contributed by atoms with Crippen molar-refractivity contribution in [1.29, 1.82) is 0 Å². The first-order valence-corrected chi connectivity index (χ1v) is 12.0. The monoisotopic (exact) mass is 484 g/mol. The quantitative estimate of drug-likeness (QED) is 0.269. The van der Waals surface area contributed by atoms with E-state index in [1.54, 1.807) is 0 Å². The number of benzene rings is 4. The Morgan fingerprint density at radius 2 is 1.00 bits per heavy atom. The Kier molecular flexibility index (Phi) is 10.1. The van der Waals surface area contributed by atoms with Gasteiger partial charge >= 0.3 is 0 Å². The minimum atomic E-state index is -0.336. The zero-order valence-electron chi connectivity index (χ0n) is 20.0. The Balaban J connectivity index is 0.00000342. The Hall–Kier alpha value is -3.40. The van der Waals surface area contributed by atoms with Crippen molar-refractivity contribution in [3.63, 3.8) is 0 Å². The SMILES string of the molecule is CC(NC(c1ccccc1)c1ccccc1)C(=O)NCCC(c1ccccc1)c1ccccc1.Cl. The average molecular weight is 485 g/mol. The Bertz CT molecular complexity index is 1060. The van der Waals surface area contributed by atoms with Gasteiger partial charge in [0.1, 0.15) is 0 Å². The van der Waals surface area contributed by atoms with E-state index in [4.69, 9.17) is 0 Å². The van der Waals surface area contributed by atoms with Gasteiger partial charge in [-0.2, -0.15) is 0 Å². The minimum Gasteiger partial charge on any atom is -0.355 e. The van der Waals surface area contributed by atoms with E-state index in [1.165, 1.54) is 11.1 Å². The first-order chi connectivity index (χ1) is 16.7. The van der Waals surface area contributed by atoms with Gasteiger partial charge < -0.3 is 5.32 Å². The molecule has 0 radical (unpaired) electrons. The van der Waals surface area contributed by atoms with Crippen LogP contribution in [0.3, 0.4) is 0 Å². The molecule has 0 heterocycles. The topological polar surface area (TPSA) is 41.1 Å². The molecule has 0 aliphatic heterocycles. The van der Waals surface area contributed by atoms with Crippen LogP contribution >= 0.6 is 12.4 Å². The Labute approximate surface area is 215 Å². The van der Waals surface area contributed by atoms with Crippen LogP contribution in [0.4, 0.5) is 0 Å². The van der Waals surface area contributed by atoms with E-state index >= 15 is 0 Å². The largest absolute Gasteiger partial charge is 0.355 e. The van der Waals surface area contributed by atoms with E-state index < -0.39 is 0 Å². The highest BCUT2D eigenvalue weighted by Gasteiger charge is 2.21. The molecule has 1 unspecified atom stereocenters. The van der Waals surface area contributed by atoms with Crippen molar-refractivity contribution < 1.29 is 4.79 Å². The number of amides is 1. The van der Waals surface area contributed by atoms with E-state index in [2.05, 4.69) is 83.4 Å². The van der Waals surface area contributed by atoms with E-state index in [0.29, 0.717) is 6.54 Å². The molecule has 1 amide bonds. The molecular formula is C31H33ClN2O. The molecule has 1 atom stereocenters. The van der Waals surface area contributed by atoms with Crippen LogP contribution in [0, 0.1) is 0 Å². The molecule has 0 bridgehead atoms. The second-order valence-electron chi connectivity index (χ2n) is 8.60. The molecular weight excluding hydrogens is 452 g/mol. The molecule has 4 rings (SSSR count). The summed E-state index contributed by atoms with van der Waals surface area (Å²) in [4.78, 5) is 13.0. The lowest BCUT2D eigenvalue weighted by atomic mass is 9.88. The molecule has 0 fully saturated rings. The van der Waals surface area contributed by atoms with E-state index in [0.717, 1.165) is 17.5 Å². The third kappa shape index (κ3) is 7.29. The van der Waals surface area contributed by atoms with Crippen LogP contribution in [-0.4, -0.2) is 18.5 Å². The van der Waals surface area contributed by atoms with Gasteiger partial charge in [0.25, 0.3) is 0 Å². The smallest absolute Gasteiger partial charge is 0.236 e. The van der Waals surface area contributed by atoms with Gasteiger partial charge in [0.05, 0.1) is 12.1 Å². The first kappa shape index (κ1) is 26.2. The molecule has 35 heavy (non-hydrogen) atoms. The lowest BCUT2D eigenvalue weighted by Crippen LogP contribution is -2.44. The minimum absolute atomic E-state index is 0. The van der Waals surface area contributed by atoms with E-state index in [9.17, 15) is 4.79 Å². The fourth-order valence-electron chi connectivity index (χ4n) is 4.39. The fourth-order valence-corrected chi connectivity index (χ4v) is 4.39. The maximum absolute atomic E-state index is 13.0. The molecule has 0 aliphatic rings. The molecule has 3 nitrogen and oxygen atoms in total. The summed E-state index contributed by atoms with van der Waals surface area (Å²) in [5, 5.41) is 6.70. The predicted molar refractivity (Wildman–Crippen MR) is 147 cm³/mol. The van der Waals surface area contributed by atoms with Crippen molar-refractivity contribution in [2.45, 2.75) is 31.3 Å². The molecule has 180 valence electrons. The second kappa shape index (κ2) is 13.5. The van der Waals surface area contributed by atoms with Crippen LogP contribution in [-0.2, 0) is 4.79 Å². The Morgan fingerprint density at radius 3 is 1.40 bits per heavy atom. The molecule has 4 aromatic carbocycles. The predicted octanol–water partition coefficient (Wildman–Crippen LogP) is 6.51. The van der Waals surface area contributed by atoms with Crippen molar-refractivity contribution in [1.82, 2.24) is 10.6 Å². The normalized spacial score (nSPS) is 11.6. The standard InChI is InChI=1S/C31H32N2O.ClH/c1-24(33-30(27-18-10-4-11-19-27)28-20-12-5-13-21-28)31(34)32-23-22-29(25-14-6-2-7-15-25)26-16-8-3-9-17-26;/h2-21,24,29-30,33H,22-23H2,1H3,(H,32,34);1H. The summed E-state index contributed by atoms with van der Waals surface area (Å²) in [6.07, 6.45) is 0.841. The fraction of sp³-hybridized carbons (Fsp3) is 0.194. The second-order valence-corrected chi connectivity index (χ2v) is 8.60. The van der Waals surface area contributed by atoms with Crippen molar-refractivity contribution in [3.05, 3.63) is 144 Å². The van der Waals surface area contributed by atoms with Gasteiger partial charge in [-0.3, -0.25) is 10.1 Å². The average Bonchev–Trinajstić information content (AvgIpc) is 2.91. The van der Waals surface area contributed by atoms with Crippen molar-refractivity contribution in [2.24, 2.45) is 0 Å². The molecule has 0 saturated heterocycles. The van der Waals surface area contributed by atoms with Gasteiger partial charge in [-0.05, 0) is 35.6 Å². The molecule has 0 aliphatic carbocycles. The van der Waals surface area contributed by atoms with Gasteiger partial charge in [-0.25, -0.2) is 0 Å². The number of halogens is 1. The number of carbonyl (C=O) groups is 1.